The molecular formula is C21H19N3O4S. The van der Waals surface area contributed by atoms with Gasteiger partial charge in [0.2, 0.25) is 5.88 Å². The molecule has 1 aromatic carbocycles. The second-order valence-corrected chi connectivity index (χ2v) is 7.27. The Morgan fingerprint density at radius 1 is 1.07 bits per heavy atom. The molecule has 0 spiro atoms. The zero-order chi connectivity index (χ0) is 20.1. The summed E-state index contributed by atoms with van der Waals surface area (Å²) in [4.78, 5) is 33.9. The Balaban J connectivity index is 1.64. The molecule has 3 aromatic rings. The summed E-state index contributed by atoms with van der Waals surface area (Å²) in [6, 6.07) is 10.6. The van der Waals surface area contributed by atoms with Gasteiger partial charge in [0.25, 0.3) is 5.91 Å². The summed E-state index contributed by atoms with van der Waals surface area (Å²) >= 11 is 1.36. The summed E-state index contributed by atoms with van der Waals surface area (Å²) in [5.74, 6) is 0.0697. The van der Waals surface area contributed by atoms with Gasteiger partial charge in [-0.25, -0.2) is 9.97 Å². The fraction of sp³-hybridized carbons (Fsp3) is 0.238. The van der Waals surface area contributed by atoms with Crippen molar-refractivity contribution in [2.45, 2.75) is 12.8 Å². The fourth-order valence-electron chi connectivity index (χ4n) is 2.93. The number of carbonyl (C=O) groups excluding carboxylic acids is 2. The highest BCUT2D eigenvalue weighted by atomic mass is 32.1. The maximum atomic E-state index is 12.7. The molecule has 1 aliphatic heterocycles. The molecule has 0 atom stereocenters. The van der Waals surface area contributed by atoms with Gasteiger partial charge in [-0.1, -0.05) is 12.1 Å². The number of rotatable bonds is 0. The second-order valence-electron chi connectivity index (χ2n) is 6.41. The number of anilines is 1. The van der Waals surface area contributed by atoms with Gasteiger partial charge in [0.1, 0.15) is 17.3 Å². The van der Waals surface area contributed by atoms with Crippen LogP contribution < -0.4 is 10.1 Å². The molecule has 1 N–H and O–H groups in total. The summed E-state index contributed by atoms with van der Waals surface area (Å²) < 4.78 is 11.2. The highest BCUT2D eigenvalue weighted by molar-refractivity contribution is 7.13. The van der Waals surface area contributed by atoms with E-state index in [4.69, 9.17) is 9.47 Å². The lowest BCUT2D eigenvalue weighted by Gasteiger charge is -2.10. The molecule has 0 saturated heterocycles. The summed E-state index contributed by atoms with van der Waals surface area (Å²) in [5, 5.41) is 5.19. The lowest BCUT2D eigenvalue weighted by Crippen LogP contribution is -2.15. The van der Waals surface area contributed by atoms with Crippen LogP contribution in [-0.4, -0.2) is 41.5 Å². The molecule has 0 unspecified atom stereocenters. The number of amides is 1. The maximum absolute atomic E-state index is 12.7. The van der Waals surface area contributed by atoms with Gasteiger partial charge in [-0.05, 0) is 24.6 Å². The lowest BCUT2D eigenvalue weighted by molar-refractivity contribution is 0.0865. The van der Waals surface area contributed by atoms with Crippen molar-refractivity contribution in [3.05, 3.63) is 59.2 Å². The Morgan fingerprint density at radius 2 is 1.97 bits per heavy atom. The van der Waals surface area contributed by atoms with Crippen molar-refractivity contribution >= 4 is 28.7 Å². The summed E-state index contributed by atoms with van der Waals surface area (Å²) in [5.41, 5.74) is 2.08. The maximum Gasteiger partial charge on any atom is 0.275 e. The van der Waals surface area contributed by atoms with Gasteiger partial charge in [0.05, 0.1) is 12.3 Å². The smallest absolute Gasteiger partial charge is 0.275 e. The van der Waals surface area contributed by atoms with E-state index in [0.29, 0.717) is 60.5 Å². The van der Waals surface area contributed by atoms with Crippen LogP contribution in [0.4, 0.5) is 5.69 Å². The van der Waals surface area contributed by atoms with Crippen LogP contribution in [0.25, 0.3) is 10.6 Å². The van der Waals surface area contributed by atoms with E-state index in [2.05, 4.69) is 15.3 Å². The number of ketones is 1. The number of pyridine rings is 1. The predicted molar refractivity (Wildman–Crippen MR) is 110 cm³/mol. The van der Waals surface area contributed by atoms with E-state index in [0.717, 1.165) is 5.56 Å². The molecule has 0 fully saturated rings. The van der Waals surface area contributed by atoms with E-state index >= 15 is 0 Å². The highest BCUT2D eigenvalue weighted by Crippen LogP contribution is 2.26. The minimum atomic E-state index is -0.359. The highest BCUT2D eigenvalue weighted by Gasteiger charge is 2.17. The van der Waals surface area contributed by atoms with Crippen molar-refractivity contribution in [2.75, 3.05) is 25.1 Å². The van der Waals surface area contributed by atoms with Gasteiger partial charge in [-0.2, -0.15) is 0 Å². The number of carbonyl (C=O) groups is 2. The number of hydrogen-bond acceptors (Lipinski definition) is 7. The molecule has 148 valence electrons. The van der Waals surface area contributed by atoms with Gasteiger partial charge in [-0.15, -0.1) is 11.3 Å². The first-order valence-electron chi connectivity index (χ1n) is 9.27. The molecule has 7 nitrogen and oxygen atoms in total. The Labute approximate surface area is 171 Å². The number of ether oxygens (including phenoxy) is 2. The third-order valence-electron chi connectivity index (χ3n) is 4.36. The van der Waals surface area contributed by atoms with Gasteiger partial charge in [0, 0.05) is 41.8 Å². The van der Waals surface area contributed by atoms with E-state index in [9.17, 15) is 9.59 Å². The van der Waals surface area contributed by atoms with Gasteiger partial charge >= 0.3 is 0 Å². The standard InChI is InChI=1S/C21H19N3O4S/c25-18-6-3-9-27-10-11-28-19-12-14(7-8-22-19)21-24-17(13-29-21)20(26)23-16-5-2-1-4-15(16)18/h1-2,4-5,7-8,12-13H,3,6,9-11H2,(H,23,26). The Kier molecular flexibility index (Phi) is 5.92. The molecule has 4 bridgehead atoms. The van der Waals surface area contributed by atoms with Crippen molar-refractivity contribution in [3.8, 4) is 16.5 Å². The van der Waals surface area contributed by atoms with Crippen LogP contribution in [0.1, 0.15) is 33.7 Å². The van der Waals surface area contributed by atoms with Crippen molar-refractivity contribution in [1.29, 1.82) is 0 Å². The average molecular weight is 409 g/mol. The molecule has 8 heteroatoms. The van der Waals surface area contributed by atoms with Crippen molar-refractivity contribution in [1.82, 2.24) is 9.97 Å². The Morgan fingerprint density at radius 3 is 2.90 bits per heavy atom. The van der Waals surface area contributed by atoms with Crippen LogP contribution in [0, 0.1) is 0 Å². The molecule has 3 heterocycles. The molecule has 0 aliphatic carbocycles. The third-order valence-corrected chi connectivity index (χ3v) is 5.26. The van der Waals surface area contributed by atoms with E-state index < -0.39 is 0 Å². The quantitative estimate of drug-likeness (QED) is 0.607. The molecule has 1 aliphatic rings. The van der Waals surface area contributed by atoms with Gasteiger partial charge in [0.15, 0.2) is 5.78 Å². The van der Waals surface area contributed by atoms with Crippen LogP contribution >= 0.6 is 11.3 Å². The number of Topliss-reactive ketones (excluding diaryl/α,β-unsaturated/α-hetero) is 1. The number of para-hydroxylation sites is 1. The third kappa shape index (κ3) is 4.67. The normalized spacial score (nSPS) is 15.4. The zero-order valence-electron chi connectivity index (χ0n) is 15.6. The number of aromatic nitrogens is 2. The fourth-order valence-corrected chi connectivity index (χ4v) is 3.73. The van der Waals surface area contributed by atoms with Crippen LogP contribution in [0.3, 0.4) is 0 Å². The first kappa shape index (κ1) is 19.2. The molecular weight excluding hydrogens is 390 g/mol. The number of thiazole rings is 1. The number of benzene rings is 1. The van der Waals surface area contributed by atoms with Crippen LogP contribution in [0.5, 0.6) is 5.88 Å². The largest absolute Gasteiger partial charge is 0.475 e. The SMILES string of the molecule is O=C1Nc2ccccc2C(=O)CCCOCCOc2cc(ccn2)-c2nc1cs2. The number of hydrogen-bond donors (Lipinski definition) is 1. The van der Waals surface area contributed by atoms with E-state index in [-0.39, 0.29) is 11.7 Å². The predicted octanol–water partition coefficient (Wildman–Crippen LogP) is 3.83. The molecule has 0 saturated carbocycles. The first-order valence-corrected chi connectivity index (χ1v) is 10.1. The number of nitrogens with one attached hydrogen (secondary N) is 1. The second kappa shape index (κ2) is 8.93. The molecule has 4 rings (SSSR count). The minimum Gasteiger partial charge on any atom is -0.475 e. The topological polar surface area (TPSA) is 90.4 Å². The van der Waals surface area contributed by atoms with E-state index in [1.807, 2.05) is 6.07 Å². The van der Waals surface area contributed by atoms with E-state index in [1.165, 1.54) is 11.3 Å². The first-order chi connectivity index (χ1) is 14.2. The van der Waals surface area contributed by atoms with Gasteiger partial charge in [-0.3, -0.25) is 9.59 Å². The number of fused-ring (bicyclic) bond motifs is 6. The average Bonchev–Trinajstić information content (AvgIpc) is 3.23. The molecule has 0 radical (unpaired) electrons. The summed E-state index contributed by atoms with van der Waals surface area (Å²) in [6.45, 7) is 1.23. The van der Waals surface area contributed by atoms with Crippen molar-refractivity contribution < 1.29 is 19.1 Å². The van der Waals surface area contributed by atoms with Crippen LogP contribution in [-0.2, 0) is 4.74 Å². The zero-order valence-corrected chi connectivity index (χ0v) is 16.4. The minimum absolute atomic E-state index is 0.0417. The van der Waals surface area contributed by atoms with Crippen molar-refractivity contribution in [2.24, 2.45) is 0 Å². The Hall–Kier alpha value is -3.10. The monoisotopic (exact) mass is 409 g/mol. The summed E-state index contributed by atoms with van der Waals surface area (Å²) in [6.07, 6.45) is 2.56. The van der Waals surface area contributed by atoms with Crippen LogP contribution in [0.2, 0.25) is 0 Å². The molecule has 29 heavy (non-hydrogen) atoms. The van der Waals surface area contributed by atoms with Crippen molar-refractivity contribution in [3.63, 3.8) is 0 Å². The Bertz CT molecular complexity index is 1030. The van der Waals surface area contributed by atoms with E-state index in [1.54, 1.807) is 41.9 Å². The summed E-state index contributed by atoms with van der Waals surface area (Å²) in [7, 11) is 0. The lowest BCUT2D eigenvalue weighted by atomic mass is 10.0. The van der Waals surface area contributed by atoms with Crippen LogP contribution in [0.15, 0.2) is 48.0 Å². The van der Waals surface area contributed by atoms with Gasteiger partial charge < -0.3 is 14.8 Å². The molecule has 2 aromatic heterocycles. The molecule has 1 amide bonds. The number of nitrogens with zero attached hydrogens (tertiary/aromatic N) is 2.